The molecule has 1 N–H and O–H groups in total. The largest absolute Gasteiger partial charge is 0.497 e. The maximum atomic E-state index is 11.1. The third-order valence-corrected chi connectivity index (χ3v) is 4.13. The molecule has 0 atom stereocenters. The highest BCUT2D eigenvalue weighted by atomic mass is 35.5. The van der Waals surface area contributed by atoms with Crippen LogP contribution in [0.2, 0.25) is 5.02 Å². The smallest absolute Gasteiger partial charge is 0.337 e. The molecule has 0 unspecified atom stereocenters. The number of ether oxygens (including phenoxy) is 1. The molecule has 1 aromatic carbocycles. The molecule has 0 fully saturated rings. The van der Waals surface area contributed by atoms with Crippen molar-refractivity contribution in [3.05, 3.63) is 52.3 Å². The Hall–Kier alpha value is -1.72. The molecule has 0 saturated heterocycles. The van der Waals surface area contributed by atoms with Gasteiger partial charge in [0.1, 0.15) is 5.75 Å². The molecule has 0 aliphatic carbocycles. The molecular weight excluding hydrogens is 310 g/mol. The monoisotopic (exact) mass is 323 g/mol. The van der Waals surface area contributed by atoms with E-state index in [0.29, 0.717) is 5.75 Å². The summed E-state index contributed by atoms with van der Waals surface area (Å²) in [6.07, 6.45) is 0. The number of carboxylic acids is 1. The number of carbonyl (C=O) groups is 1. The second-order valence-corrected chi connectivity index (χ2v) is 5.83. The molecule has 6 heteroatoms. The highest BCUT2D eigenvalue weighted by Gasteiger charge is 2.10. The Morgan fingerprint density at radius 3 is 2.81 bits per heavy atom. The quantitative estimate of drug-likeness (QED) is 0.841. The summed E-state index contributed by atoms with van der Waals surface area (Å²) >= 11 is 7.35. The Kier molecular flexibility index (Phi) is 5.09. The van der Waals surface area contributed by atoms with Crippen LogP contribution in [0.5, 0.6) is 5.75 Å². The van der Waals surface area contributed by atoms with E-state index in [1.54, 1.807) is 25.3 Å². The van der Waals surface area contributed by atoms with Crippen LogP contribution in [0.15, 0.2) is 35.2 Å². The van der Waals surface area contributed by atoms with Crippen LogP contribution in [0.1, 0.15) is 21.7 Å². The van der Waals surface area contributed by atoms with Gasteiger partial charge in [0.25, 0.3) is 0 Å². The second-order valence-electron chi connectivity index (χ2n) is 4.38. The summed E-state index contributed by atoms with van der Waals surface area (Å²) in [6, 6.07) is 8.69. The van der Waals surface area contributed by atoms with Crippen molar-refractivity contribution >= 4 is 29.3 Å². The molecule has 0 spiro atoms. The molecule has 0 amide bonds. The van der Waals surface area contributed by atoms with Crippen molar-refractivity contribution < 1.29 is 14.6 Å². The van der Waals surface area contributed by atoms with Crippen LogP contribution in [0.25, 0.3) is 0 Å². The number of aromatic nitrogens is 1. The molecule has 4 nitrogen and oxygen atoms in total. The zero-order valence-corrected chi connectivity index (χ0v) is 13.2. The fourth-order valence-corrected chi connectivity index (χ4v) is 2.84. The molecule has 110 valence electrons. The second kappa shape index (κ2) is 6.83. The molecule has 1 heterocycles. The van der Waals surface area contributed by atoms with Crippen LogP contribution in [0, 0.1) is 6.92 Å². The van der Waals surface area contributed by atoms with E-state index >= 15 is 0 Å². The Balaban J connectivity index is 2.15. The average Bonchev–Trinajstić information content (AvgIpc) is 2.45. The van der Waals surface area contributed by atoms with Gasteiger partial charge < -0.3 is 9.84 Å². The predicted octanol–water partition coefficient (Wildman–Crippen LogP) is 4.04. The van der Waals surface area contributed by atoms with Crippen LogP contribution in [-0.2, 0) is 5.75 Å². The fourth-order valence-electron chi connectivity index (χ4n) is 1.81. The van der Waals surface area contributed by atoms with Crippen molar-refractivity contribution in [2.24, 2.45) is 0 Å². The van der Waals surface area contributed by atoms with Crippen LogP contribution in [0.3, 0.4) is 0 Å². The topological polar surface area (TPSA) is 59.4 Å². The van der Waals surface area contributed by atoms with Crippen LogP contribution >= 0.6 is 23.4 Å². The molecular formula is C15H14ClNO3S. The van der Waals surface area contributed by atoms with Gasteiger partial charge in [0.2, 0.25) is 0 Å². The van der Waals surface area contributed by atoms with Gasteiger partial charge in [0.05, 0.1) is 23.4 Å². The van der Waals surface area contributed by atoms with Gasteiger partial charge >= 0.3 is 5.97 Å². The third kappa shape index (κ3) is 4.12. The SMILES string of the molecule is COc1cc(C)nc(CSc2ccc(Cl)c(C(=O)O)c2)c1. The molecule has 2 aromatic rings. The van der Waals surface area contributed by atoms with Gasteiger partial charge in [-0.25, -0.2) is 4.79 Å². The molecule has 1 aromatic heterocycles. The van der Waals surface area contributed by atoms with E-state index in [2.05, 4.69) is 4.98 Å². The number of thioether (sulfide) groups is 1. The third-order valence-electron chi connectivity index (χ3n) is 2.77. The van der Waals surface area contributed by atoms with Crippen LogP contribution in [-0.4, -0.2) is 23.2 Å². The Morgan fingerprint density at radius 1 is 1.38 bits per heavy atom. The van der Waals surface area contributed by atoms with Crippen molar-refractivity contribution in [3.63, 3.8) is 0 Å². The van der Waals surface area contributed by atoms with E-state index in [-0.39, 0.29) is 10.6 Å². The number of carboxylic acid groups (broad SMARTS) is 1. The zero-order valence-electron chi connectivity index (χ0n) is 11.6. The first-order chi connectivity index (χ1) is 9.99. The normalized spacial score (nSPS) is 10.4. The lowest BCUT2D eigenvalue weighted by molar-refractivity contribution is 0.0697. The maximum Gasteiger partial charge on any atom is 0.337 e. The first kappa shape index (κ1) is 15.7. The van der Waals surface area contributed by atoms with E-state index in [1.807, 2.05) is 19.1 Å². The van der Waals surface area contributed by atoms with Gasteiger partial charge in [-0.2, -0.15) is 0 Å². The summed E-state index contributed by atoms with van der Waals surface area (Å²) in [5, 5.41) is 9.30. The number of aromatic carboxylic acids is 1. The summed E-state index contributed by atoms with van der Waals surface area (Å²) in [5.74, 6) is 0.358. The molecule has 0 radical (unpaired) electrons. The number of aryl methyl sites for hydroxylation is 1. The van der Waals surface area contributed by atoms with E-state index in [4.69, 9.17) is 21.4 Å². The lowest BCUT2D eigenvalue weighted by atomic mass is 10.2. The van der Waals surface area contributed by atoms with E-state index in [9.17, 15) is 4.79 Å². The van der Waals surface area contributed by atoms with Gasteiger partial charge in [-0.15, -0.1) is 11.8 Å². The lowest BCUT2D eigenvalue weighted by Gasteiger charge is -2.07. The number of benzene rings is 1. The molecule has 21 heavy (non-hydrogen) atoms. The molecule has 0 aliphatic heterocycles. The first-order valence-corrected chi connectivity index (χ1v) is 7.53. The highest BCUT2D eigenvalue weighted by molar-refractivity contribution is 7.98. The van der Waals surface area contributed by atoms with Crippen molar-refractivity contribution in [1.82, 2.24) is 4.98 Å². The van der Waals surface area contributed by atoms with Crippen molar-refractivity contribution in [1.29, 1.82) is 0 Å². The zero-order chi connectivity index (χ0) is 15.4. The highest BCUT2D eigenvalue weighted by Crippen LogP contribution is 2.27. The van der Waals surface area contributed by atoms with E-state index < -0.39 is 5.97 Å². The summed E-state index contributed by atoms with van der Waals surface area (Å²) in [4.78, 5) is 16.3. The van der Waals surface area contributed by atoms with E-state index in [1.165, 1.54) is 11.8 Å². The number of methoxy groups -OCH3 is 1. The van der Waals surface area contributed by atoms with Crippen LogP contribution < -0.4 is 4.74 Å². The van der Waals surface area contributed by atoms with Crippen molar-refractivity contribution in [2.45, 2.75) is 17.6 Å². The molecule has 0 saturated carbocycles. The van der Waals surface area contributed by atoms with Crippen LogP contribution in [0.4, 0.5) is 0 Å². The number of halogens is 1. The minimum Gasteiger partial charge on any atom is -0.497 e. The minimum absolute atomic E-state index is 0.108. The number of rotatable bonds is 5. The number of pyridine rings is 1. The van der Waals surface area contributed by atoms with E-state index in [0.717, 1.165) is 22.0 Å². The van der Waals surface area contributed by atoms with Gasteiger partial charge in [0, 0.05) is 28.5 Å². The lowest BCUT2D eigenvalue weighted by Crippen LogP contribution is -1.97. The number of nitrogens with zero attached hydrogens (tertiary/aromatic N) is 1. The number of hydrogen-bond donors (Lipinski definition) is 1. The van der Waals surface area contributed by atoms with Gasteiger partial charge in [-0.1, -0.05) is 11.6 Å². The first-order valence-electron chi connectivity index (χ1n) is 6.17. The fraction of sp³-hybridized carbons (Fsp3) is 0.200. The Labute approximate surface area is 132 Å². The van der Waals surface area contributed by atoms with Crippen molar-refractivity contribution in [2.75, 3.05) is 7.11 Å². The predicted molar refractivity (Wildman–Crippen MR) is 83.5 cm³/mol. The summed E-state index contributed by atoms with van der Waals surface area (Å²) < 4.78 is 5.21. The Bertz CT molecular complexity index is 676. The molecule has 0 bridgehead atoms. The van der Waals surface area contributed by atoms with Gasteiger partial charge in [0.15, 0.2) is 0 Å². The summed E-state index contributed by atoms with van der Waals surface area (Å²) in [5.41, 5.74) is 1.87. The Morgan fingerprint density at radius 2 is 2.14 bits per heavy atom. The average molecular weight is 324 g/mol. The van der Waals surface area contributed by atoms with Gasteiger partial charge in [-0.3, -0.25) is 4.98 Å². The molecule has 0 aliphatic rings. The molecule has 2 rings (SSSR count). The number of hydrogen-bond acceptors (Lipinski definition) is 4. The standard InChI is InChI=1S/C15H14ClNO3S/c1-9-5-11(20-2)6-10(17-9)8-21-12-3-4-14(16)13(7-12)15(18)19/h3-7H,8H2,1-2H3,(H,18,19). The minimum atomic E-state index is -1.03. The summed E-state index contributed by atoms with van der Waals surface area (Å²) in [6.45, 7) is 1.90. The van der Waals surface area contributed by atoms with Gasteiger partial charge in [-0.05, 0) is 25.1 Å². The van der Waals surface area contributed by atoms with Crippen molar-refractivity contribution in [3.8, 4) is 5.75 Å². The summed E-state index contributed by atoms with van der Waals surface area (Å²) in [7, 11) is 1.62. The maximum absolute atomic E-state index is 11.1.